The van der Waals surface area contributed by atoms with E-state index >= 15 is 0 Å². The summed E-state index contributed by atoms with van der Waals surface area (Å²) in [6.45, 7) is 5.41. The molecule has 0 saturated heterocycles. The molecule has 0 rings (SSSR count). The van der Waals surface area contributed by atoms with E-state index in [-0.39, 0.29) is 22.9 Å². The Hall–Kier alpha value is -1.53. The van der Waals surface area contributed by atoms with E-state index in [0.717, 1.165) is 0 Å². The SMILES string of the molecule is C=O.CCC[N+](=O)[O-].CC[N+](=O)[O-]. The van der Waals surface area contributed by atoms with E-state index in [2.05, 4.69) is 0 Å². The van der Waals surface area contributed by atoms with E-state index < -0.39 is 0 Å². The molecule has 0 fully saturated rings. The highest BCUT2D eigenvalue weighted by molar-refractivity contribution is 5.10. The maximum Gasteiger partial charge on any atom is 0.203 e. The summed E-state index contributed by atoms with van der Waals surface area (Å²) in [6, 6.07) is 0. The molecule has 0 spiro atoms. The van der Waals surface area contributed by atoms with Crippen molar-refractivity contribution in [1.29, 1.82) is 0 Å². The van der Waals surface area contributed by atoms with Crippen LogP contribution in [0.3, 0.4) is 0 Å². The van der Waals surface area contributed by atoms with Gasteiger partial charge in [0, 0.05) is 23.2 Å². The molecule has 0 amide bonds. The van der Waals surface area contributed by atoms with Gasteiger partial charge in [-0.1, -0.05) is 6.92 Å². The Morgan fingerprint density at radius 3 is 1.38 bits per heavy atom. The van der Waals surface area contributed by atoms with Crippen LogP contribution in [0.25, 0.3) is 0 Å². The fraction of sp³-hybridized carbons (Fsp3) is 0.833. The van der Waals surface area contributed by atoms with Crippen LogP contribution in [0.2, 0.25) is 0 Å². The average Bonchev–Trinajstić information content (AvgIpc) is 2.09. The standard InChI is InChI=1S/C3H7NO2.C2H5NO2.CH2O/c1-2-3-4(5)6;1-2-3(4)5;1-2/h2-3H2,1H3;2H2,1H3;1H2. The third kappa shape index (κ3) is 62.4. The van der Waals surface area contributed by atoms with Crippen LogP contribution < -0.4 is 0 Å². The Kier molecular flexibility index (Phi) is 22.7. The van der Waals surface area contributed by atoms with Gasteiger partial charge in [-0.3, -0.25) is 20.2 Å². The smallest absolute Gasteiger partial charge is 0.203 e. The van der Waals surface area contributed by atoms with Crippen molar-refractivity contribution in [3.05, 3.63) is 20.2 Å². The molecule has 0 aliphatic rings. The average molecular weight is 194 g/mol. The third-order valence-electron chi connectivity index (χ3n) is 0.664. The van der Waals surface area contributed by atoms with Gasteiger partial charge in [0.2, 0.25) is 13.1 Å². The van der Waals surface area contributed by atoms with Crippen molar-refractivity contribution in [3.63, 3.8) is 0 Å². The maximum absolute atomic E-state index is 9.40. The summed E-state index contributed by atoms with van der Waals surface area (Å²) < 4.78 is 0. The number of hydrogen-bond donors (Lipinski definition) is 0. The van der Waals surface area contributed by atoms with Crippen LogP contribution in [0.1, 0.15) is 20.3 Å². The summed E-state index contributed by atoms with van der Waals surface area (Å²) in [5.74, 6) is 0. The van der Waals surface area contributed by atoms with Crippen molar-refractivity contribution in [2.24, 2.45) is 0 Å². The minimum atomic E-state index is -0.375. The molecule has 7 nitrogen and oxygen atoms in total. The molecule has 7 heteroatoms. The Labute approximate surface area is 76.0 Å². The Morgan fingerprint density at radius 2 is 1.38 bits per heavy atom. The molecule has 0 aliphatic heterocycles. The van der Waals surface area contributed by atoms with Gasteiger partial charge < -0.3 is 4.79 Å². The van der Waals surface area contributed by atoms with Gasteiger partial charge in [-0.25, -0.2) is 0 Å². The second kappa shape index (κ2) is 16.8. The summed E-state index contributed by atoms with van der Waals surface area (Å²) >= 11 is 0. The number of nitrogens with zero attached hydrogens (tertiary/aromatic N) is 2. The highest BCUT2D eigenvalue weighted by Gasteiger charge is 1.85. The monoisotopic (exact) mass is 194 g/mol. The molecule has 0 aromatic rings. The zero-order valence-corrected chi connectivity index (χ0v) is 7.76. The van der Waals surface area contributed by atoms with E-state index in [0.29, 0.717) is 6.42 Å². The first-order valence-electron chi connectivity index (χ1n) is 3.57. The lowest BCUT2D eigenvalue weighted by atomic mass is 10.5. The van der Waals surface area contributed by atoms with Gasteiger partial charge in [0.1, 0.15) is 6.79 Å². The first kappa shape index (κ1) is 17.5. The van der Waals surface area contributed by atoms with Gasteiger partial charge in [0.05, 0.1) is 0 Å². The summed E-state index contributed by atoms with van der Waals surface area (Å²) in [6.07, 6.45) is 0.632. The first-order valence-corrected chi connectivity index (χ1v) is 3.57. The number of carbonyl (C=O) groups is 1. The van der Waals surface area contributed by atoms with Crippen molar-refractivity contribution in [1.82, 2.24) is 0 Å². The van der Waals surface area contributed by atoms with Gasteiger partial charge in [0.25, 0.3) is 0 Å². The highest BCUT2D eigenvalue weighted by Crippen LogP contribution is 1.72. The molecular formula is C6H14N2O5. The summed E-state index contributed by atoms with van der Waals surface area (Å²) in [4.78, 5) is 25.9. The molecule has 0 aromatic carbocycles. The molecule has 0 bridgehead atoms. The third-order valence-corrected chi connectivity index (χ3v) is 0.664. The molecule has 0 aliphatic carbocycles. The van der Waals surface area contributed by atoms with Gasteiger partial charge in [0.15, 0.2) is 0 Å². The van der Waals surface area contributed by atoms with Gasteiger partial charge in [-0.2, -0.15) is 0 Å². The highest BCUT2D eigenvalue weighted by atomic mass is 16.6. The Balaban J connectivity index is -0.000000131. The predicted octanol–water partition coefficient (Wildman–Crippen LogP) is 0.771. The summed E-state index contributed by atoms with van der Waals surface area (Å²) in [5.41, 5.74) is 0. The lowest BCUT2D eigenvalue weighted by Crippen LogP contribution is -1.96. The minimum Gasteiger partial charge on any atom is -0.307 e. The Morgan fingerprint density at radius 1 is 1.08 bits per heavy atom. The van der Waals surface area contributed by atoms with Crippen LogP contribution in [0.4, 0.5) is 0 Å². The fourth-order valence-corrected chi connectivity index (χ4v) is 0.183. The van der Waals surface area contributed by atoms with Crippen molar-refractivity contribution < 1.29 is 14.6 Å². The molecule has 78 valence electrons. The zero-order valence-electron chi connectivity index (χ0n) is 7.76. The molecular weight excluding hydrogens is 180 g/mol. The van der Waals surface area contributed by atoms with E-state index in [9.17, 15) is 20.2 Å². The normalized spacial score (nSPS) is 6.92. The van der Waals surface area contributed by atoms with Crippen LogP contribution in [-0.4, -0.2) is 29.7 Å². The largest absolute Gasteiger partial charge is 0.307 e. The molecule has 13 heavy (non-hydrogen) atoms. The Bertz CT molecular complexity index is 139. The van der Waals surface area contributed by atoms with E-state index in [1.807, 2.05) is 6.79 Å². The number of hydrogen-bond acceptors (Lipinski definition) is 5. The van der Waals surface area contributed by atoms with Crippen LogP contribution in [0.15, 0.2) is 0 Å². The zero-order chi connectivity index (χ0) is 11.3. The van der Waals surface area contributed by atoms with Gasteiger partial charge in [-0.05, 0) is 0 Å². The lowest BCUT2D eigenvalue weighted by Gasteiger charge is -1.80. The summed E-state index contributed by atoms with van der Waals surface area (Å²) in [7, 11) is 0. The first-order chi connectivity index (χ1) is 6.04. The van der Waals surface area contributed by atoms with E-state index in [4.69, 9.17) is 4.79 Å². The van der Waals surface area contributed by atoms with Crippen LogP contribution in [-0.2, 0) is 4.79 Å². The second-order valence-corrected chi connectivity index (χ2v) is 1.71. The van der Waals surface area contributed by atoms with E-state index in [1.54, 1.807) is 6.92 Å². The fourth-order valence-electron chi connectivity index (χ4n) is 0.183. The van der Waals surface area contributed by atoms with E-state index in [1.165, 1.54) is 6.92 Å². The molecule has 0 heterocycles. The second-order valence-electron chi connectivity index (χ2n) is 1.71. The van der Waals surface area contributed by atoms with Crippen molar-refractivity contribution >= 4 is 6.79 Å². The molecule has 0 radical (unpaired) electrons. The van der Waals surface area contributed by atoms with Gasteiger partial charge >= 0.3 is 0 Å². The van der Waals surface area contributed by atoms with Crippen LogP contribution >= 0.6 is 0 Å². The topological polar surface area (TPSA) is 103 Å². The van der Waals surface area contributed by atoms with Crippen molar-refractivity contribution in [2.45, 2.75) is 20.3 Å². The molecule has 0 N–H and O–H groups in total. The maximum atomic E-state index is 9.40. The van der Waals surface area contributed by atoms with Crippen molar-refractivity contribution in [2.75, 3.05) is 13.1 Å². The molecule has 0 unspecified atom stereocenters. The quantitative estimate of drug-likeness (QED) is 0.487. The predicted molar refractivity (Wildman–Crippen MR) is 46.8 cm³/mol. The summed E-state index contributed by atoms with van der Waals surface area (Å²) in [5, 5.41) is 18.6. The number of carbonyl (C=O) groups excluding carboxylic acids is 1. The lowest BCUT2D eigenvalue weighted by molar-refractivity contribution is -0.479. The minimum absolute atomic E-state index is 0.0278. The van der Waals surface area contributed by atoms with Crippen LogP contribution in [0.5, 0.6) is 0 Å². The number of nitro groups is 2. The number of rotatable bonds is 3. The molecule has 0 aromatic heterocycles. The van der Waals surface area contributed by atoms with Gasteiger partial charge in [-0.15, -0.1) is 0 Å². The molecule has 0 atom stereocenters. The van der Waals surface area contributed by atoms with Crippen molar-refractivity contribution in [3.8, 4) is 0 Å². The molecule has 0 saturated carbocycles. The van der Waals surface area contributed by atoms with Crippen LogP contribution in [0, 0.1) is 20.2 Å².